The van der Waals surface area contributed by atoms with Crippen molar-refractivity contribution in [3.8, 4) is 5.75 Å². The highest BCUT2D eigenvalue weighted by Gasteiger charge is 2.05. The van der Waals surface area contributed by atoms with Crippen LogP contribution < -0.4 is 4.74 Å². The maximum Gasteiger partial charge on any atom is 0.147 e. The first kappa shape index (κ1) is 12.8. The van der Waals surface area contributed by atoms with Gasteiger partial charge in [-0.2, -0.15) is 0 Å². The highest BCUT2D eigenvalue weighted by atomic mass is 35.5. The molecule has 1 aromatic heterocycles. The highest BCUT2D eigenvalue weighted by molar-refractivity contribution is 6.29. The van der Waals surface area contributed by atoms with Crippen LogP contribution >= 0.6 is 11.6 Å². The van der Waals surface area contributed by atoms with E-state index in [4.69, 9.17) is 16.3 Å². The molecule has 1 heterocycles. The molecule has 0 aliphatic rings. The minimum Gasteiger partial charge on any atom is -0.487 e. The lowest BCUT2D eigenvalue weighted by molar-refractivity contribution is 0.298. The lowest BCUT2D eigenvalue weighted by Crippen LogP contribution is -2.01. The van der Waals surface area contributed by atoms with Crippen molar-refractivity contribution in [2.45, 2.75) is 27.4 Å². The third kappa shape index (κ3) is 2.99. The Kier molecular flexibility index (Phi) is 3.82. The summed E-state index contributed by atoms with van der Waals surface area (Å²) in [5, 5.41) is 0.390. The van der Waals surface area contributed by atoms with Crippen molar-refractivity contribution in [2.75, 3.05) is 0 Å². The van der Waals surface area contributed by atoms with Gasteiger partial charge in [-0.25, -0.2) is 4.98 Å². The first-order valence-corrected chi connectivity index (χ1v) is 6.11. The third-order valence-corrected chi connectivity index (χ3v) is 3.01. The van der Waals surface area contributed by atoms with E-state index in [2.05, 4.69) is 36.8 Å². The number of nitrogens with zero attached hydrogens (tertiary/aromatic N) is 2. The second-order valence-electron chi connectivity index (χ2n) is 4.32. The third-order valence-electron chi connectivity index (χ3n) is 2.81. The van der Waals surface area contributed by atoms with Gasteiger partial charge in [-0.1, -0.05) is 17.7 Å². The Morgan fingerprint density at radius 3 is 2.56 bits per heavy atom. The molecule has 0 N–H and O–H groups in total. The van der Waals surface area contributed by atoms with Crippen LogP contribution in [0, 0.1) is 20.8 Å². The Morgan fingerprint density at radius 2 is 1.89 bits per heavy atom. The SMILES string of the molecule is Cc1cc(C)c(C)c(OCc2cnc(Cl)cn2)c1. The summed E-state index contributed by atoms with van der Waals surface area (Å²) >= 11 is 5.68. The van der Waals surface area contributed by atoms with Crippen LogP contribution in [0.25, 0.3) is 0 Å². The fraction of sp³-hybridized carbons (Fsp3) is 0.286. The van der Waals surface area contributed by atoms with Gasteiger partial charge in [-0.05, 0) is 43.5 Å². The summed E-state index contributed by atoms with van der Waals surface area (Å²) in [6.45, 7) is 6.59. The number of hydrogen-bond acceptors (Lipinski definition) is 3. The van der Waals surface area contributed by atoms with Gasteiger partial charge in [0.05, 0.1) is 18.1 Å². The zero-order chi connectivity index (χ0) is 13.1. The van der Waals surface area contributed by atoms with Crippen LogP contribution in [0.5, 0.6) is 5.75 Å². The van der Waals surface area contributed by atoms with Crippen LogP contribution in [-0.4, -0.2) is 9.97 Å². The molecule has 0 spiro atoms. The van der Waals surface area contributed by atoms with Crippen molar-refractivity contribution in [1.29, 1.82) is 0 Å². The van der Waals surface area contributed by atoms with Crippen molar-refractivity contribution in [3.63, 3.8) is 0 Å². The fourth-order valence-electron chi connectivity index (χ4n) is 1.72. The molecule has 0 aliphatic carbocycles. The molecule has 0 bridgehead atoms. The Balaban J connectivity index is 2.13. The van der Waals surface area contributed by atoms with Crippen LogP contribution in [0.1, 0.15) is 22.4 Å². The number of rotatable bonds is 3. The van der Waals surface area contributed by atoms with Gasteiger partial charge in [-0.15, -0.1) is 0 Å². The summed E-state index contributed by atoms with van der Waals surface area (Å²) in [5.41, 5.74) is 4.34. The minimum absolute atomic E-state index is 0.390. The first-order valence-electron chi connectivity index (χ1n) is 5.73. The van der Waals surface area contributed by atoms with Crippen molar-refractivity contribution >= 4 is 11.6 Å². The van der Waals surface area contributed by atoms with E-state index < -0.39 is 0 Å². The van der Waals surface area contributed by atoms with Gasteiger partial charge in [0.25, 0.3) is 0 Å². The van der Waals surface area contributed by atoms with Crippen molar-refractivity contribution in [1.82, 2.24) is 9.97 Å². The molecule has 18 heavy (non-hydrogen) atoms. The van der Waals surface area contributed by atoms with Gasteiger partial charge < -0.3 is 4.74 Å². The number of ether oxygens (including phenoxy) is 1. The zero-order valence-corrected chi connectivity index (χ0v) is 11.5. The monoisotopic (exact) mass is 262 g/mol. The van der Waals surface area contributed by atoms with Crippen LogP contribution in [0.3, 0.4) is 0 Å². The van der Waals surface area contributed by atoms with Crippen LogP contribution in [0.2, 0.25) is 5.15 Å². The highest BCUT2D eigenvalue weighted by Crippen LogP contribution is 2.23. The number of halogens is 1. The second-order valence-corrected chi connectivity index (χ2v) is 4.71. The molecule has 2 rings (SSSR count). The molecule has 0 unspecified atom stereocenters. The molecule has 0 amide bonds. The van der Waals surface area contributed by atoms with Gasteiger partial charge in [0.15, 0.2) is 0 Å². The lowest BCUT2D eigenvalue weighted by atomic mass is 10.1. The van der Waals surface area contributed by atoms with Crippen molar-refractivity contribution < 1.29 is 4.74 Å². The first-order chi connectivity index (χ1) is 8.56. The van der Waals surface area contributed by atoms with E-state index in [1.54, 1.807) is 6.20 Å². The van der Waals surface area contributed by atoms with Crippen LogP contribution in [-0.2, 0) is 6.61 Å². The Morgan fingerprint density at radius 1 is 1.11 bits per heavy atom. The average molecular weight is 263 g/mol. The second kappa shape index (κ2) is 5.36. The summed E-state index contributed by atoms with van der Waals surface area (Å²) in [7, 11) is 0. The van der Waals surface area contributed by atoms with E-state index in [-0.39, 0.29) is 0 Å². The number of aryl methyl sites for hydroxylation is 2. The number of hydrogen-bond donors (Lipinski definition) is 0. The Labute approximate surface area is 112 Å². The predicted octanol–water partition coefficient (Wildman–Crippen LogP) is 3.63. The van der Waals surface area contributed by atoms with E-state index in [1.165, 1.54) is 17.3 Å². The molecular weight excluding hydrogens is 248 g/mol. The molecule has 94 valence electrons. The largest absolute Gasteiger partial charge is 0.487 e. The van der Waals surface area contributed by atoms with Gasteiger partial charge >= 0.3 is 0 Å². The molecule has 2 aromatic rings. The van der Waals surface area contributed by atoms with Crippen LogP contribution in [0.4, 0.5) is 0 Å². The van der Waals surface area contributed by atoms with E-state index in [0.717, 1.165) is 17.0 Å². The summed E-state index contributed by atoms with van der Waals surface area (Å²) in [5.74, 6) is 0.893. The van der Waals surface area contributed by atoms with Gasteiger partial charge in [0.2, 0.25) is 0 Å². The number of benzene rings is 1. The molecule has 0 aliphatic heterocycles. The maximum atomic E-state index is 5.78. The quantitative estimate of drug-likeness (QED) is 0.847. The smallest absolute Gasteiger partial charge is 0.147 e. The molecule has 4 heteroatoms. The standard InChI is InChI=1S/C14H15ClN2O/c1-9-4-10(2)11(3)13(5-9)18-8-12-6-17-14(15)7-16-12/h4-7H,8H2,1-3H3. The summed E-state index contributed by atoms with van der Waals surface area (Å²) in [6, 6.07) is 4.18. The van der Waals surface area contributed by atoms with Gasteiger partial charge in [0.1, 0.15) is 17.5 Å². The molecule has 3 nitrogen and oxygen atoms in total. The van der Waals surface area contributed by atoms with E-state index in [1.807, 2.05) is 6.07 Å². The fourth-order valence-corrected chi connectivity index (χ4v) is 1.81. The van der Waals surface area contributed by atoms with Crippen LogP contribution in [0.15, 0.2) is 24.5 Å². The van der Waals surface area contributed by atoms with Crippen molar-refractivity contribution in [3.05, 3.63) is 52.1 Å². The summed E-state index contributed by atoms with van der Waals surface area (Å²) in [4.78, 5) is 8.12. The molecule has 0 saturated heterocycles. The molecule has 0 saturated carbocycles. The molecular formula is C14H15ClN2O. The van der Waals surface area contributed by atoms with Gasteiger partial charge in [0, 0.05) is 0 Å². The Hall–Kier alpha value is -1.61. The molecule has 0 atom stereocenters. The normalized spacial score (nSPS) is 10.4. The molecule has 0 radical (unpaired) electrons. The zero-order valence-electron chi connectivity index (χ0n) is 10.7. The van der Waals surface area contributed by atoms with E-state index in [0.29, 0.717) is 11.8 Å². The molecule has 0 fully saturated rings. The topological polar surface area (TPSA) is 35.0 Å². The number of aromatic nitrogens is 2. The average Bonchev–Trinajstić information content (AvgIpc) is 2.34. The molecule has 1 aromatic carbocycles. The summed E-state index contributed by atoms with van der Waals surface area (Å²) in [6.07, 6.45) is 3.15. The van der Waals surface area contributed by atoms with E-state index in [9.17, 15) is 0 Å². The minimum atomic E-state index is 0.390. The van der Waals surface area contributed by atoms with E-state index >= 15 is 0 Å². The lowest BCUT2D eigenvalue weighted by Gasteiger charge is -2.11. The summed E-state index contributed by atoms with van der Waals surface area (Å²) < 4.78 is 5.78. The Bertz CT molecular complexity index is 552. The van der Waals surface area contributed by atoms with Crippen molar-refractivity contribution in [2.24, 2.45) is 0 Å². The predicted molar refractivity (Wildman–Crippen MR) is 72.0 cm³/mol. The maximum absolute atomic E-state index is 5.78. The van der Waals surface area contributed by atoms with Gasteiger partial charge in [-0.3, -0.25) is 4.98 Å².